The Morgan fingerprint density at radius 1 is 0.340 bits per heavy atom. The van der Waals surface area contributed by atoms with Crippen LogP contribution in [-0.4, -0.2) is 248 Å². The first-order valence-electron chi connectivity index (χ1n) is 49.1. The van der Waals surface area contributed by atoms with E-state index < -0.39 is 30.7 Å². The highest BCUT2D eigenvalue weighted by atomic mass is 35.5. The Hall–Kier alpha value is -13.4. The van der Waals surface area contributed by atoms with Gasteiger partial charge in [0, 0.05) is 124 Å². The highest BCUT2D eigenvalue weighted by Gasteiger charge is 2.53. The SMILES string of the molecule is CC(=O)N1C(CC(C)C)C(=O)N(C)C1c1ccc(Cl)cc1.CC(=O)N1C(CC(C)C)C(=O)N(C)C1c1ccccc1.CCCC(=O)N1C(CC(C)C)C(=O)N(C)C1c1ccc(Cl)cc1.CN1C(=O)C(Cc2cccnc2)N(C(=O)CCCC(O)O)C1c1ccccc1.CN1C(=O)C(Cc2cccnc2)N(C(=O)COc2ccccc2)C1c1ccccc1.COc1ccc(C2N(C)C(=O)C(CC(C)C)N2C(C)=O)cc1. The Balaban J connectivity index is 0.000000178. The lowest BCUT2D eigenvalue weighted by molar-refractivity contribution is -0.138. The minimum Gasteiger partial charge on any atom is -0.497 e. The summed E-state index contributed by atoms with van der Waals surface area (Å²) >= 11 is 11.9. The number of carbonyl (C=O) groups excluding carboxylic acids is 12. The van der Waals surface area contributed by atoms with Crippen molar-refractivity contribution in [2.75, 3.05) is 56.0 Å². The van der Waals surface area contributed by atoms with E-state index in [-0.39, 0.29) is 139 Å². The number of nitrogens with zero attached hydrogens (tertiary/aromatic N) is 14. The fraction of sp³-hybridized carbons (Fsp3) is 0.429. The molecule has 0 radical (unpaired) electrons. The fourth-order valence-electron chi connectivity index (χ4n) is 19.5. The van der Waals surface area contributed by atoms with Gasteiger partial charge in [0.1, 0.15) is 84.7 Å². The van der Waals surface area contributed by atoms with Gasteiger partial charge in [-0.1, -0.05) is 243 Å². The lowest BCUT2D eigenvalue weighted by Crippen LogP contribution is -2.43. The predicted molar refractivity (Wildman–Crippen MR) is 552 cm³/mol. The molecular formula is C112H140Cl2N14O16. The van der Waals surface area contributed by atoms with Gasteiger partial charge < -0.3 is 78.5 Å². The summed E-state index contributed by atoms with van der Waals surface area (Å²) < 4.78 is 10.9. The molecule has 32 heteroatoms. The summed E-state index contributed by atoms with van der Waals surface area (Å²) in [6.07, 6.45) is 8.41. The third-order valence-corrected chi connectivity index (χ3v) is 26.6. The molecule has 144 heavy (non-hydrogen) atoms. The van der Waals surface area contributed by atoms with Crippen molar-refractivity contribution in [1.29, 1.82) is 0 Å². The van der Waals surface area contributed by atoms with Crippen LogP contribution in [0.1, 0.15) is 222 Å². The van der Waals surface area contributed by atoms with Crippen molar-refractivity contribution in [1.82, 2.24) is 68.8 Å². The average Bonchev–Trinajstić information content (AvgIpc) is 1.73. The lowest BCUT2D eigenvalue weighted by Gasteiger charge is -2.31. The third kappa shape index (κ3) is 28.2. The van der Waals surface area contributed by atoms with E-state index in [9.17, 15) is 57.5 Å². The zero-order valence-corrected chi connectivity index (χ0v) is 87.5. The van der Waals surface area contributed by atoms with Crippen LogP contribution in [-0.2, 0) is 70.4 Å². The minimum absolute atomic E-state index is 0.00106. The number of rotatable bonds is 28. The molecule has 9 aromatic rings. The molecule has 7 aromatic carbocycles. The molecule has 6 fully saturated rings. The minimum atomic E-state index is -1.44. The first-order valence-corrected chi connectivity index (χ1v) is 49.9. The van der Waals surface area contributed by atoms with E-state index in [2.05, 4.69) is 65.4 Å². The van der Waals surface area contributed by atoms with Gasteiger partial charge in [-0.25, -0.2) is 0 Å². The fourth-order valence-corrected chi connectivity index (χ4v) is 19.7. The number of halogens is 2. The lowest BCUT2D eigenvalue weighted by atomic mass is 10.0. The molecule has 6 aliphatic rings. The molecule has 12 unspecified atom stereocenters. The topological polar surface area (TPSA) is 328 Å². The van der Waals surface area contributed by atoms with Crippen molar-refractivity contribution < 1.29 is 77.2 Å². The Bertz CT molecular complexity index is 5750. The van der Waals surface area contributed by atoms with Crippen molar-refractivity contribution in [2.24, 2.45) is 23.7 Å². The highest BCUT2D eigenvalue weighted by molar-refractivity contribution is 6.30. The third-order valence-electron chi connectivity index (χ3n) is 26.1. The van der Waals surface area contributed by atoms with E-state index in [0.29, 0.717) is 90.8 Å². The van der Waals surface area contributed by atoms with Gasteiger partial charge in [-0.15, -0.1) is 0 Å². The number of para-hydroxylation sites is 1. The molecule has 30 nitrogen and oxygen atoms in total. The normalized spacial score (nSPS) is 20.8. The predicted octanol–water partition coefficient (Wildman–Crippen LogP) is 16.3. The number of ether oxygens (including phenoxy) is 2. The van der Waals surface area contributed by atoms with E-state index >= 15 is 0 Å². The van der Waals surface area contributed by atoms with Gasteiger partial charge in [-0.3, -0.25) is 67.5 Å². The Morgan fingerprint density at radius 2 is 0.611 bits per heavy atom. The molecule has 0 saturated carbocycles. The molecule has 8 heterocycles. The second-order valence-electron chi connectivity index (χ2n) is 38.7. The maximum Gasteiger partial charge on any atom is 0.263 e. The van der Waals surface area contributed by atoms with Crippen LogP contribution >= 0.6 is 23.2 Å². The Kier molecular flexibility index (Phi) is 41.2. The number of likely N-dealkylation sites (N-methyl/N-ethyl adjacent to an activating group) is 6. The van der Waals surface area contributed by atoms with E-state index in [1.165, 1.54) is 20.8 Å². The second-order valence-corrected chi connectivity index (χ2v) is 39.6. The first kappa shape index (κ1) is 113. The maximum absolute atomic E-state index is 13.3. The smallest absolute Gasteiger partial charge is 0.263 e. The number of aromatic nitrogens is 2. The van der Waals surface area contributed by atoms with Gasteiger partial charge in [0.05, 0.1) is 7.11 Å². The number of pyridine rings is 2. The summed E-state index contributed by atoms with van der Waals surface area (Å²) in [6, 6.07) is 64.9. The van der Waals surface area contributed by atoms with Crippen LogP contribution in [0.3, 0.4) is 0 Å². The maximum atomic E-state index is 13.3. The highest BCUT2D eigenvalue weighted by Crippen LogP contribution is 2.44. The van der Waals surface area contributed by atoms with E-state index in [0.717, 1.165) is 56.7 Å². The van der Waals surface area contributed by atoms with Crippen molar-refractivity contribution in [2.45, 2.75) is 233 Å². The zero-order valence-electron chi connectivity index (χ0n) is 86.0. The molecular weight excluding hydrogens is 1870 g/mol. The molecule has 2 N–H and O–H groups in total. The number of hydrogen-bond acceptors (Lipinski definition) is 18. The molecule has 6 saturated heterocycles. The molecule has 768 valence electrons. The Morgan fingerprint density at radius 3 is 0.896 bits per heavy atom. The van der Waals surface area contributed by atoms with Crippen LogP contribution in [0.25, 0.3) is 0 Å². The molecule has 0 aliphatic carbocycles. The van der Waals surface area contributed by atoms with Crippen LogP contribution in [0, 0.1) is 23.7 Å². The standard InChI is InChI=1S/C24H23N3O3.C21H25N3O4.C18H25ClN2O2.C17H24N2O3.C16H21ClN2O2.C16H22N2O2/c1-26-23(19-10-4-2-5-11-19)27(22(28)17-30-20-12-6-3-7-13-20)21(24(26)29)15-18-9-8-14-25-16-18;1-23-20(16-8-3-2-4-9-16)24(18(25)10-5-11-19(26)27)17(21(23)28)13-15-7-6-12-22-14-15;1-5-6-16(22)21-15(11-12(2)3)18(23)20(4)17(21)13-7-9-14(19)10-8-13;1-11(2)10-15-17(21)18(4)16(19(15)12(3)20)13-6-8-14(22-5)9-7-13;1-10(2)9-14-16(21)18(4)15(19(14)11(3)20)12-5-7-13(17)8-6-12;1-11(2)10-14-16(20)17(4)15(18(14)12(3)19)13-8-6-5-7-9-13/h2-14,16,21,23H,15,17H2,1H3;2-4,6-9,12,14,17,19-20,26-27H,5,10-11,13H2,1H3;7-10,12,15,17H,5-6,11H2,1-4H3;6-9,11,15-16H,10H2,1-5H3;5-8,10,14-15H,9H2,1-4H3;5-9,11,14-15H,10H2,1-4H3. The van der Waals surface area contributed by atoms with Gasteiger partial charge >= 0.3 is 0 Å². The molecule has 12 atom stereocenters. The number of aliphatic hydroxyl groups excluding tert-OH is 1. The number of aliphatic hydroxyl groups is 2. The summed E-state index contributed by atoms with van der Waals surface area (Å²) in [5.41, 5.74) is 7.24. The molecule has 6 aliphatic heterocycles. The van der Waals surface area contributed by atoms with Crippen LogP contribution in [0.5, 0.6) is 11.5 Å². The van der Waals surface area contributed by atoms with Crippen molar-refractivity contribution in [3.05, 3.63) is 298 Å². The van der Waals surface area contributed by atoms with Crippen LogP contribution in [0.2, 0.25) is 10.0 Å². The molecule has 2 aromatic heterocycles. The number of amides is 12. The number of hydrogen-bond donors (Lipinski definition) is 2. The summed E-state index contributed by atoms with van der Waals surface area (Å²) in [5, 5.41) is 19.4. The van der Waals surface area contributed by atoms with E-state index in [1.54, 1.807) is 169 Å². The second kappa shape index (κ2) is 52.7. The van der Waals surface area contributed by atoms with Gasteiger partial charge in [-0.05, 0) is 174 Å². The van der Waals surface area contributed by atoms with Gasteiger partial charge in [0.2, 0.25) is 65.0 Å². The summed E-state index contributed by atoms with van der Waals surface area (Å²) in [6.45, 7) is 22.9. The summed E-state index contributed by atoms with van der Waals surface area (Å²) in [4.78, 5) is 180. The zero-order chi connectivity index (χ0) is 105. The molecule has 0 spiro atoms. The van der Waals surface area contributed by atoms with Crippen molar-refractivity contribution in [3.8, 4) is 11.5 Å². The number of benzene rings is 7. The average molecular weight is 2010 g/mol. The summed E-state index contributed by atoms with van der Waals surface area (Å²) in [7, 11) is 12.1. The van der Waals surface area contributed by atoms with E-state index in [1.807, 2.05) is 189 Å². The quantitative estimate of drug-likeness (QED) is 0.0430. The van der Waals surface area contributed by atoms with Gasteiger partial charge in [0.15, 0.2) is 12.9 Å². The van der Waals surface area contributed by atoms with E-state index in [4.69, 9.17) is 42.9 Å². The van der Waals surface area contributed by atoms with Crippen molar-refractivity contribution >= 4 is 94.1 Å². The van der Waals surface area contributed by atoms with Crippen LogP contribution in [0.4, 0.5) is 0 Å². The van der Waals surface area contributed by atoms with Gasteiger partial charge in [-0.2, -0.15) is 0 Å². The first-order chi connectivity index (χ1) is 68.6. The number of carbonyl (C=O) groups is 12. The summed E-state index contributed by atoms with van der Waals surface area (Å²) in [5.74, 6) is 2.02. The van der Waals surface area contributed by atoms with Crippen LogP contribution < -0.4 is 9.47 Å². The van der Waals surface area contributed by atoms with Gasteiger partial charge in [0.25, 0.3) is 5.91 Å². The van der Waals surface area contributed by atoms with Crippen molar-refractivity contribution in [3.63, 3.8) is 0 Å². The largest absolute Gasteiger partial charge is 0.497 e. The molecule has 15 rings (SSSR count). The monoisotopic (exact) mass is 2010 g/mol. The number of methoxy groups -OCH3 is 1. The molecule has 0 bridgehead atoms. The van der Waals surface area contributed by atoms with Crippen LogP contribution in [0.15, 0.2) is 243 Å². The Labute approximate surface area is 857 Å². The molecule has 12 amide bonds.